The van der Waals surface area contributed by atoms with E-state index in [2.05, 4.69) is 5.32 Å². The smallest absolute Gasteiger partial charge is 0.0927 e. The SMILES string of the molecule is N#CC=CNCc1ccccc1. The Morgan fingerprint density at radius 1 is 1.33 bits per heavy atom. The summed E-state index contributed by atoms with van der Waals surface area (Å²) in [6.45, 7) is 0.763. The minimum atomic E-state index is 0.763. The van der Waals surface area contributed by atoms with Crippen LogP contribution < -0.4 is 5.32 Å². The van der Waals surface area contributed by atoms with Crippen LogP contribution in [0.4, 0.5) is 0 Å². The molecule has 0 saturated heterocycles. The zero-order valence-corrected chi connectivity index (χ0v) is 6.70. The molecule has 0 radical (unpaired) electrons. The summed E-state index contributed by atoms with van der Waals surface area (Å²) in [6, 6.07) is 11.9. The first-order valence-electron chi connectivity index (χ1n) is 3.75. The van der Waals surface area contributed by atoms with Crippen LogP contribution in [0.2, 0.25) is 0 Å². The highest BCUT2D eigenvalue weighted by Gasteiger charge is 1.85. The molecular formula is C10H10N2. The second-order valence-corrected chi connectivity index (χ2v) is 2.33. The van der Waals surface area contributed by atoms with E-state index in [0.717, 1.165) is 6.54 Å². The monoisotopic (exact) mass is 158 g/mol. The maximum Gasteiger partial charge on any atom is 0.0927 e. The summed E-state index contributed by atoms with van der Waals surface area (Å²) in [4.78, 5) is 0. The van der Waals surface area contributed by atoms with Gasteiger partial charge in [-0.1, -0.05) is 30.3 Å². The first-order valence-corrected chi connectivity index (χ1v) is 3.75. The zero-order chi connectivity index (χ0) is 8.65. The Bertz CT molecular complexity index is 282. The molecule has 0 spiro atoms. The van der Waals surface area contributed by atoms with Gasteiger partial charge in [-0.25, -0.2) is 0 Å². The van der Waals surface area contributed by atoms with Gasteiger partial charge >= 0.3 is 0 Å². The first-order chi connectivity index (χ1) is 5.93. The van der Waals surface area contributed by atoms with Gasteiger partial charge in [0.05, 0.1) is 6.07 Å². The van der Waals surface area contributed by atoms with Crippen LogP contribution in [0.1, 0.15) is 5.56 Å². The van der Waals surface area contributed by atoms with Gasteiger partial charge < -0.3 is 5.32 Å². The topological polar surface area (TPSA) is 35.8 Å². The third-order valence-electron chi connectivity index (χ3n) is 1.42. The van der Waals surface area contributed by atoms with Crippen molar-refractivity contribution in [2.45, 2.75) is 6.54 Å². The van der Waals surface area contributed by atoms with Crippen LogP contribution >= 0.6 is 0 Å². The number of nitrogens with zero attached hydrogens (tertiary/aromatic N) is 1. The molecule has 0 saturated carbocycles. The van der Waals surface area contributed by atoms with Crippen molar-refractivity contribution in [3.63, 3.8) is 0 Å². The van der Waals surface area contributed by atoms with Gasteiger partial charge in [-0.2, -0.15) is 5.26 Å². The highest BCUT2D eigenvalue weighted by molar-refractivity contribution is 5.14. The Kier molecular flexibility index (Phi) is 3.46. The largest absolute Gasteiger partial charge is 0.386 e. The molecular weight excluding hydrogens is 148 g/mol. The third kappa shape index (κ3) is 2.89. The van der Waals surface area contributed by atoms with Crippen molar-refractivity contribution in [3.05, 3.63) is 48.2 Å². The van der Waals surface area contributed by atoms with Crippen LogP contribution in [0.15, 0.2) is 42.6 Å². The quantitative estimate of drug-likeness (QED) is 0.681. The van der Waals surface area contributed by atoms with Crippen LogP contribution in [0.5, 0.6) is 0 Å². The molecule has 1 N–H and O–H groups in total. The highest BCUT2D eigenvalue weighted by Crippen LogP contribution is 1.96. The molecule has 60 valence electrons. The summed E-state index contributed by atoms with van der Waals surface area (Å²) in [5.74, 6) is 0. The number of rotatable bonds is 3. The van der Waals surface area contributed by atoms with Crippen molar-refractivity contribution in [1.29, 1.82) is 5.26 Å². The van der Waals surface area contributed by atoms with E-state index in [4.69, 9.17) is 5.26 Å². The van der Waals surface area contributed by atoms with Crippen molar-refractivity contribution < 1.29 is 0 Å². The van der Waals surface area contributed by atoms with Crippen LogP contribution in [-0.2, 0) is 6.54 Å². The summed E-state index contributed by atoms with van der Waals surface area (Å²) in [5, 5.41) is 11.2. The summed E-state index contributed by atoms with van der Waals surface area (Å²) in [5.41, 5.74) is 1.21. The lowest BCUT2D eigenvalue weighted by molar-refractivity contribution is 0.870. The maximum absolute atomic E-state index is 8.19. The summed E-state index contributed by atoms with van der Waals surface area (Å²) >= 11 is 0. The predicted octanol–water partition coefficient (Wildman–Crippen LogP) is 1.81. The first kappa shape index (κ1) is 8.35. The van der Waals surface area contributed by atoms with E-state index in [1.165, 1.54) is 11.6 Å². The standard InChI is InChI=1S/C10H10N2/c11-7-4-8-12-9-10-5-2-1-3-6-10/h1-6,8,12H,9H2. The number of nitriles is 1. The fourth-order valence-corrected chi connectivity index (χ4v) is 0.869. The van der Waals surface area contributed by atoms with Crippen LogP contribution in [0, 0.1) is 11.3 Å². The normalized spacial score (nSPS) is 9.58. The van der Waals surface area contributed by atoms with Crippen molar-refractivity contribution in [1.82, 2.24) is 5.32 Å². The molecule has 1 aromatic rings. The molecule has 1 aromatic carbocycles. The Hall–Kier alpha value is -1.75. The Morgan fingerprint density at radius 2 is 2.08 bits per heavy atom. The molecule has 1 rings (SSSR count). The number of hydrogen-bond donors (Lipinski definition) is 1. The predicted molar refractivity (Wildman–Crippen MR) is 48.0 cm³/mol. The number of allylic oxidation sites excluding steroid dienone is 1. The Morgan fingerprint density at radius 3 is 2.75 bits per heavy atom. The van der Waals surface area contributed by atoms with Gasteiger partial charge in [0.15, 0.2) is 0 Å². The molecule has 0 aliphatic rings. The lowest BCUT2D eigenvalue weighted by atomic mass is 10.2. The molecule has 0 unspecified atom stereocenters. The second-order valence-electron chi connectivity index (χ2n) is 2.33. The van der Waals surface area contributed by atoms with Crippen molar-refractivity contribution in [2.24, 2.45) is 0 Å². The molecule has 0 aliphatic carbocycles. The summed E-state index contributed by atoms with van der Waals surface area (Å²) in [6.07, 6.45) is 3.07. The van der Waals surface area contributed by atoms with E-state index < -0.39 is 0 Å². The van der Waals surface area contributed by atoms with Gasteiger partial charge in [-0.15, -0.1) is 0 Å². The zero-order valence-electron chi connectivity index (χ0n) is 6.70. The number of nitrogens with one attached hydrogen (secondary N) is 1. The highest BCUT2D eigenvalue weighted by atomic mass is 14.8. The van der Waals surface area contributed by atoms with Gasteiger partial charge in [0.25, 0.3) is 0 Å². The molecule has 0 aromatic heterocycles. The fraction of sp³-hybridized carbons (Fsp3) is 0.100. The van der Waals surface area contributed by atoms with Crippen molar-refractivity contribution in [2.75, 3.05) is 0 Å². The van der Waals surface area contributed by atoms with E-state index in [0.29, 0.717) is 0 Å². The Balaban J connectivity index is 2.35. The molecule has 0 atom stereocenters. The van der Waals surface area contributed by atoms with Gasteiger partial charge in [-0.05, 0) is 5.56 Å². The van der Waals surface area contributed by atoms with Gasteiger partial charge in [0, 0.05) is 18.8 Å². The van der Waals surface area contributed by atoms with Crippen molar-refractivity contribution >= 4 is 0 Å². The Labute approximate surface area is 72.1 Å². The summed E-state index contributed by atoms with van der Waals surface area (Å²) < 4.78 is 0. The van der Waals surface area contributed by atoms with E-state index in [9.17, 15) is 0 Å². The lowest BCUT2D eigenvalue weighted by Gasteiger charge is -1.98. The van der Waals surface area contributed by atoms with Crippen LogP contribution in [0.25, 0.3) is 0 Å². The molecule has 0 aliphatic heterocycles. The average Bonchev–Trinajstić information content (AvgIpc) is 2.14. The second kappa shape index (κ2) is 4.97. The molecule has 2 heteroatoms. The van der Waals surface area contributed by atoms with Crippen LogP contribution in [-0.4, -0.2) is 0 Å². The van der Waals surface area contributed by atoms with E-state index in [-0.39, 0.29) is 0 Å². The molecule has 0 fully saturated rings. The molecule has 0 bridgehead atoms. The van der Waals surface area contributed by atoms with E-state index >= 15 is 0 Å². The fourth-order valence-electron chi connectivity index (χ4n) is 0.869. The lowest BCUT2D eigenvalue weighted by Crippen LogP contribution is -2.03. The third-order valence-corrected chi connectivity index (χ3v) is 1.42. The number of benzene rings is 1. The summed E-state index contributed by atoms with van der Waals surface area (Å²) in [7, 11) is 0. The molecule has 2 nitrogen and oxygen atoms in total. The minimum Gasteiger partial charge on any atom is -0.386 e. The van der Waals surface area contributed by atoms with Gasteiger partial charge in [0.1, 0.15) is 0 Å². The molecule has 12 heavy (non-hydrogen) atoms. The van der Waals surface area contributed by atoms with E-state index in [1.807, 2.05) is 36.4 Å². The number of hydrogen-bond acceptors (Lipinski definition) is 2. The minimum absolute atomic E-state index is 0.763. The molecule has 0 heterocycles. The molecule has 0 amide bonds. The average molecular weight is 158 g/mol. The van der Waals surface area contributed by atoms with Gasteiger partial charge in [0.2, 0.25) is 0 Å². The van der Waals surface area contributed by atoms with E-state index in [1.54, 1.807) is 6.20 Å². The maximum atomic E-state index is 8.19. The van der Waals surface area contributed by atoms with Gasteiger partial charge in [-0.3, -0.25) is 0 Å². The van der Waals surface area contributed by atoms with Crippen molar-refractivity contribution in [3.8, 4) is 6.07 Å². The van der Waals surface area contributed by atoms with Crippen LogP contribution in [0.3, 0.4) is 0 Å².